The quantitative estimate of drug-likeness (QED) is 0.125. The molecule has 4 N–H and O–H groups in total. The third-order valence-electron chi connectivity index (χ3n) is 9.31. The molecule has 0 aliphatic carbocycles. The van der Waals surface area contributed by atoms with E-state index in [1.807, 2.05) is 72.5 Å². The number of hydrogen-bond acceptors (Lipinski definition) is 8. The van der Waals surface area contributed by atoms with E-state index in [9.17, 15) is 14.4 Å². The zero-order valence-electron chi connectivity index (χ0n) is 29.3. The summed E-state index contributed by atoms with van der Waals surface area (Å²) in [5, 5.41) is 5.52. The number of nitrogens with zero attached hydrogens (tertiary/aromatic N) is 5. The minimum atomic E-state index is -0.938. The van der Waals surface area contributed by atoms with E-state index in [2.05, 4.69) is 40.5 Å². The molecule has 0 spiro atoms. The number of aromatic nitrogens is 6. The Hall–Kier alpha value is -6.63. The second-order valence-electron chi connectivity index (χ2n) is 12.8. The van der Waals surface area contributed by atoms with Gasteiger partial charge in [-0.15, -0.1) is 0 Å². The number of carbonyl (C=O) groups is 3. The molecule has 0 saturated carbocycles. The van der Waals surface area contributed by atoms with Gasteiger partial charge in [-0.1, -0.05) is 84.9 Å². The molecule has 1 aliphatic heterocycles. The zero-order valence-corrected chi connectivity index (χ0v) is 29.3. The summed E-state index contributed by atoms with van der Waals surface area (Å²) in [6, 6.07) is 25.1. The second-order valence-corrected chi connectivity index (χ2v) is 12.8. The van der Waals surface area contributed by atoms with Crippen molar-refractivity contribution in [3.8, 4) is 33.9 Å². The van der Waals surface area contributed by atoms with Crippen molar-refractivity contribution in [3.63, 3.8) is 0 Å². The van der Waals surface area contributed by atoms with Crippen molar-refractivity contribution in [1.82, 2.24) is 45.4 Å². The maximum absolute atomic E-state index is 13.2. The molecule has 1 saturated heterocycles. The molecule has 1 aliphatic rings. The highest BCUT2D eigenvalue weighted by Gasteiger charge is 2.32. The first-order valence-corrected chi connectivity index (χ1v) is 17.4. The van der Waals surface area contributed by atoms with Crippen LogP contribution in [0.25, 0.3) is 33.9 Å². The molecular weight excluding hydrogens is 670 g/mol. The van der Waals surface area contributed by atoms with Crippen molar-refractivity contribution >= 4 is 17.9 Å². The summed E-state index contributed by atoms with van der Waals surface area (Å²) in [5.74, 6) is 1.01. The van der Waals surface area contributed by atoms with Crippen LogP contribution in [-0.2, 0) is 20.7 Å². The number of amides is 3. The van der Waals surface area contributed by atoms with Gasteiger partial charge in [0.25, 0.3) is 0 Å². The van der Waals surface area contributed by atoms with E-state index in [-0.39, 0.29) is 11.9 Å². The van der Waals surface area contributed by atoms with Crippen LogP contribution in [0.4, 0.5) is 4.79 Å². The number of likely N-dealkylation sites (tertiary alicyclic amines) is 1. The fraction of sp³-hybridized carbons (Fsp3) is 0.225. The summed E-state index contributed by atoms with van der Waals surface area (Å²) >= 11 is 0. The summed E-state index contributed by atoms with van der Waals surface area (Å²) in [4.78, 5) is 65.4. The van der Waals surface area contributed by atoms with E-state index in [1.54, 1.807) is 49.1 Å². The molecule has 0 unspecified atom stereocenters. The van der Waals surface area contributed by atoms with Crippen molar-refractivity contribution in [1.29, 1.82) is 0 Å². The smallest absolute Gasteiger partial charge is 0.407 e. The van der Waals surface area contributed by atoms with Gasteiger partial charge in [0.05, 0.1) is 67.5 Å². The molecule has 268 valence electrons. The van der Waals surface area contributed by atoms with Gasteiger partial charge >= 0.3 is 6.09 Å². The van der Waals surface area contributed by atoms with E-state index >= 15 is 0 Å². The summed E-state index contributed by atoms with van der Waals surface area (Å²) in [7, 11) is 1.25. The van der Waals surface area contributed by atoms with Gasteiger partial charge in [-0.2, -0.15) is 0 Å². The van der Waals surface area contributed by atoms with Gasteiger partial charge in [0.15, 0.2) is 0 Å². The average Bonchev–Trinajstić information content (AvgIpc) is 4.00. The van der Waals surface area contributed by atoms with Gasteiger partial charge in [-0.3, -0.25) is 19.6 Å². The molecule has 0 radical (unpaired) electrons. The van der Waals surface area contributed by atoms with Gasteiger partial charge in [0.2, 0.25) is 11.8 Å². The van der Waals surface area contributed by atoms with Crippen LogP contribution in [0.2, 0.25) is 0 Å². The first kappa shape index (κ1) is 34.8. The number of ether oxygens (including phenoxy) is 1. The van der Waals surface area contributed by atoms with Crippen molar-refractivity contribution in [2.45, 2.75) is 44.3 Å². The summed E-state index contributed by atoms with van der Waals surface area (Å²) in [6.45, 7) is 2.53. The molecule has 13 nitrogen and oxygen atoms in total. The Bertz CT molecular complexity index is 2170. The third-order valence-corrected chi connectivity index (χ3v) is 9.31. The van der Waals surface area contributed by atoms with E-state index in [1.165, 1.54) is 7.11 Å². The van der Waals surface area contributed by atoms with Crippen molar-refractivity contribution < 1.29 is 19.1 Å². The van der Waals surface area contributed by atoms with Crippen LogP contribution in [0, 0.1) is 0 Å². The van der Waals surface area contributed by atoms with E-state index in [0.717, 1.165) is 46.7 Å². The Morgan fingerprint density at radius 3 is 2.19 bits per heavy atom. The van der Waals surface area contributed by atoms with Crippen LogP contribution in [0.3, 0.4) is 0 Å². The maximum Gasteiger partial charge on any atom is 0.407 e. The Morgan fingerprint density at radius 2 is 1.47 bits per heavy atom. The minimum Gasteiger partial charge on any atom is -0.453 e. The van der Waals surface area contributed by atoms with Gasteiger partial charge in [-0.25, -0.2) is 14.8 Å². The molecule has 13 heteroatoms. The largest absolute Gasteiger partial charge is 0.453 e. The van der Waals surface area contributed by atoms with E-state index in [4.69, 9.17) is 4.74 Å². The van der Waals surface area contributed by atoms with Crippen LogP contribution in [0.1, 0.15) is 60.7 Å². The lowest BCUT2D eigenvalue weighted by Gasteiger charge is -2.23. The SMILES string of the molecule is COC(=O)N[C@@H](C(=O)N[C@@H](C)c1ncc(-c2ccc(-c3cnc(-c4cnc([C@@H]5CCCN5C(=O)Cc5ccccc5)[nH]4)cn3)cc2)[nH]1)c1ccccc1. The van der Waals surface area contributed by atoms with Gasteiger partial charge < -0.3 is 30.2 Å². The molecule has 3 aromatic heterocycles. The number of benzene rings is 3. The van der Waals surface area contributed by atoms with E-state index in [0.29, 0.717) is 35.7 Å². The Labute approximate surface area is 306 Å². The molecule has 6 aromatic rings. The number of alkyl carbamates (subject to hydrolysis) is 1. The lowest BCUT2D eigenvalue weighted by molar-refractivity contribution is -0.131. The van der Waals surface area contributed by atoms with Crippen LogP contribution in [0.5, 0.6) is 0 Å². The number of methoxy groups -OCH3 is 1. The first-order chi connectivity index (χ1) is 25.9. The molecule has 0 bridgehead atoms. The van der Waals surface area contributed by atoms with Crippen LogP contribution < -0.4 is 10.6 Å². The highest BCUT2D eigenvalue weighted by Crippen LogP contribution is 2.32. The number of imidazole rings is 2. The Balaban J connectivity index is 0.975. The summed E-state index contributed by atoms with van der Waals surface area (Å²) in [6.07, 6.45) is 8.36. The summed E-state index contributed by atoms with van der Waals surface area (Å²) in [5.41, 5.74) is 6.31. The molecule has 53 heavy (non-hydrogen) atoms. The highest BCUT2D eigenvalue weighted by molar-refractivity contribution is 5.87. The lowest BCUT2D eigenvalue weighted by Crippen LogP contribution is -2.41. The molecule has 3 amide bonds. The summed E-state index contributed by atoms with van der Waals surface area (Å²) < 4.78 is 4.72. The van der Waals surface area contributed by atoms with Gasteiger partial charge in [-0.05, 0) is 36.5 Å². The Kier molecular flexibility index (Phi) is 10.3. The first-order valence-electron chi connectivity index (χ1n) is 17.4. The van der Waals surface area contributed by atoms with Crippen molar-refractivity contribution in [2.75, 3.05) is 13.7 Å². The standard InChI is InChI=1S/C40H39N9O4/c1-25(45-39(51)36(48-40(52)53-2)29-12-7-4-8-13-29)37-43-22-31(46-37)28-17-15-27(16-18-28)30-21-42-32(23-41-30)33-24-44-38(47-33)34-14-9-19-49(34)35(50)20-26-10-5-3-6-11-26/h3-8,10-13,15-18,21-25,34,36H,9,14,19-20H2,1-2H3,(H,43,46)(H,44,47)(H,45,51)(H,48,52)/t25-,34-,36+/m0/s1. The van der Waals surface area contributed by atoms with E-state index < -0.39 is 24.1 Å². The monoisotopic (exact) mass is 709 g/mol. The van der Waals surface area contributed by atoms with Gasteiger partial charge in [0.1, 0.15) is 23.4 Å². The topological polar surface area (TPSA) is 171 Å². The molecule has 4 heterocycles. The highest BCUT2D eigenvalue weighted by atomic mass is 16.5. The normalized spacial score (nSPS) is 15.1. The number of rotatable bonds is 11. The average molecular weight is 710 g/mol. The molecular formula is C40H39N9O4. The Morgan fingerprint density at radius 1 is 0.792 bits per heavy atom. The zero-order chi connectivity index (χ0) is 36.7. The van der Waals surface area contributed by atoms with Crippen LogP contribution in [-0.4, -0.2) is 66.4 Å². The third kappa shape index (κ3) is 7.99. The number of aromatic amines is 2. The van der Waals surface area contributed by atoms with Crippen LogP contribution >= 0.6 is 0 Å². The number of carbonyl (C=O) groups excluding carboxylic acids is 3. The fourth-order valence-corrected chi connectivity index (χ4v) is 6.49. The maximum atomic E-state index is 13.2. The van der Waals surface area contributed by atoms with Crippen molar-refractivity contribution in [3.05, 3.63) is 132 Å². The van der Waals surface area contributed by atoms with Gasteiger partial charge in [0, 0.05) is 12.1 Å². The number of nitrogens with one attached hydrogen (secondary N) is 4. The molecule has 1 fully saturated rings. The molecule has 3 atom stereocenters. The predicted octanol–water partition coefficient (Wildman–Crippen LogP) is 6.10. The molecule has 7 rings (SSSR count). The molecule has 3 aromatic carbocycles. The van der Waals surface area contributed by atoms with Crippen LogP contribution in [0.15, 0.2) is 110 Å². The van der Waals surface area contributed by atoms with Crippen molar-refractivity contribution in [2.24, 2.45) is 0 Å². The minimum absolute atomic E-state index is 0.0963. The lowest BCUT2D eigenvalue weighted by atomic mass is 10.1. The number of hydrogen-bond donors (Lipinski definition) is 4. The number of H-pyrrole nitrogens is 2. The predicted molar refractivity (Wildman–Crippen MR) is 198 cm³/mol. The second kappa shape index (κ2) is 15.7. The fourth-order valence-electron chi connectivity index (χ4n) is 6.49.